The van der Waals surface area contributed by atoms with E-state index in [0.717, 1.165) is 24.4 Å². The number of rotatable bonds is 5. The van der Waals surface area contributed by atoms with E-state index in [9.17, 15) is 0 Å². The maximum atomic E-state index is 6.06. The molecule has 0 saturated carbocycles. The van der Waals surface area contributed by atoms with Crippen LogP contribution in [0.2, 0.25) is 5.02 Å². The molecule has 2 aromatic rings. The van der Waals surface area contributed by atoms with Crippen molar-refractivity contribution in [3.05, 3.63) is 69.7 Å². The van der Waals surface area contributed by atoms with Crippen LogP contribution in [0.5, 0.6) is 0 Å². The van der Waals surface area contributed by atoms with E-state index >= 15 is 0 Å². The number of aryl methyl sites for hydroxylation is 1. The van der Waals surface area contributed by atoms with Gasteiger partial charge >= 0.3 is 0 Å². The molecule has 0 spiro atoms. The van der Waals surface area contributed by atoms with Gasteiger partial charge in [-0.2, -0.15) is 0 Å². The lowest BCUT2D eigenvalue weighted by molar-refractivity contribution is 0.185. The lowest BCUT2D eigenvalue weighted by atomic mass is 10.1. The predicted molar refractivity (Wildman–Crippen MR) is 86.5 cm³/mol. The standard InChI is InChI=1S/C18H20ClNO/c1-21-12-14-4-2-3-13(9-14)11-20-18-8-5-15-10-16(19)6-7-17(15)18/h2-4,6-7,9-10,18,20H,5,8,11-12H2,1H3. The molecule has 0 aliphatic heterocycles. The zero-order valence-corrected chi connectivity index (χ0v) is 13.0. The minimum Gasteiger partial charge on any atom is -0.380 e. The summed E-state index contributed by atoms with van der Waals surface area (Å²) in [7, 11) is 1.73. The van der Waals surface area contributed by atoms with Crippen LogP contribution in [-0.2, 0) is 24.3 Å². The van der Waals surface area contributed by atoms with Gasteiger partial charge in [-0.05, 0) is 47.2 Å². The first-order valence-corrected chi connectivity index (χ1v) is 7.72. The predicted octanol–water partition coefficient (Wildman–Crippen LogP) is 4.26. The summed E-state index contributed by atoms with van der Waals surface area (Å²) >= 11 is 6.06. The van der Waals surface area contributed by atoms with E-state index in [4.69, 9.17) is 16.3 Å². The summed E-state index contributed by atoms with van der Waals surface area (Å²) in [5, 5.41) is 4.49. The molecule has 21 heavy (non-hydrogen) atoms. The lowest BCUT2D eigenvalue weighted by Crippen LogP contribution is -2.18. The third kappa shape index (κ3) is 3.46. The van der Waals surface area contributed by atoms with Crippen LogP contribution in [0, 0.1) is 0 Å². The first-order valence-electron chi connectivity index (χ1n) is 7.35. The number of nitrogens with one attached hydrogen (secondary N) is 1. The number of hydrogen-bond acceptors (Lipinski definition) is 2. The Kier molecular flexibility index (Phi) is 4.59. The van der Waals surface area contributed by atoms with E-state index < -0.39 is 0 Å². The van der Waals surface area contributed by atoms with Crippen molar-refractivity contribution in [2.45, 2.75) is 32.0 Å². The second-order valence-corrected chi connectivity index (χ2v) is 6.00. The molecule has 1 aliphatic carbocycles. The van der Waals surface area contributed by atoms with Gasteiger partial charge in [-0.25, -0.2) is 0 Å². The van der Waals surface area contributed by atoms with Crippen LogP contribution in [0.4, 0.5) is 0 Å². The highest BCUT2D eigenvalue weighted by Gasteiger charge is 2.21. The van der Waals surface area contributed by atoms with Gasteiger partial charge in [-0.1, -0.05) is 41.9 Å². The molecule has 0 bridgehead atoms. The van der Waals surface area contributed by atoms with Gasteiger partial charge in [0.05, 0.1) is 6.61 Å². The molecule has 1 N–H and O–H groups in total. The van der Waals surface area contributed by atoms with Gasteiger partial charge in [0, 0.05) is 24.7 Å². The van der Waals surface area contributed by atoms with Gasteiger partial charge in [0.2, 0.25) is 0 Å². The molecule has 0 radical (unpaired) electrons. The summed E-state index contributed by atoms with van der Waals surface area (Å²) in [6.45, 7) is 1.54. The van der Waals surface area contributed by atoms with Gasteiger partial charge in [0.25, 0.3) is 0 Å². The molecule has 2 nitrogen and oxygen atoms in total. The number of methoxy groups -OCH3 is 1. The third-order valence-corrected chi connectivity index (χ3v) is 4.27. The monoisotopic (exact) mass is 301 g/mol. The van der Waals surface area contributed by atoms with E-state index in [1.807, 2.05) is 6.07 Å². The quantitative estimate of drug-likeness (QED) is 0.891. The van der Waals surface area contributed by atoms with E-state index in [1.165, 1.54) is 22.3 Å². The van der Waals surface area contributed by atoms with Crippen molar-refractivity contribution in [1.82, 2.24) is 5.32 Å². The number of halogens is 1. The molecule has 2 aromatic carbocycles. The number of ether oxygens (including phenoxy) is 1. The smallest absolute Gasteiger partial charge is 0.0713 e. The molecule has 0 saturated heterocycles. The molecule has 1 aliphatic rings. The fourth-order valence-electron chi connectivity index (χ4n) is 3.04. The Morgan fingerprint density at radius 3 is 2.90 bits per heavy atom. The second-order valence-electron chi connectivity index (χ2n) is 5.57. The summed E-state index contributed by atoms with van der Waals surface area (Å²) in [5.41, 5.74) is 5.29. The minimum atomic E-state index is 0.434. The molecular weight excluding hydrogens is 282 g/mol. The van der Waals surface area contributed by atoms with Gasteiger partial charge < -0.3 is 10.1 Å². The minimum absolute atomic E-state index is 0.434. The van der Waals surface area contributed by atoms with Gasteiger partial charge in [0.15, 0.2) is 0 Å². The summed E-state index contributed by atoms with van der Waals surface area (Å²) in [6, 6.07) is 15.2. The Morgan fingerprint density at radius 2 is 2.05 bits per heavy atom. The lowest BCUT2D eigenvalue weighted by Gasteiger charge is -2.14. The normalized spacial score (nSPS) is 17.0. The SMILES string of the molecule is COCc1cccc(CNC2CCc3cc(Cl)ccc32)c1. The molecular formula is C18H20ClNO. The number of benzene rings is 2. The Bertz CT molecular complexity index is 626. The fourth-order valence-corrected chi connectivity index (χ4v) is 3.23. The first kappa shape index (κ1) is 14.6. The average Bonchev–Trinajstić information content (AvgIpc) is 2.88. The zero-order chi connectivity index (χ0) is 14.7. The highest BCUT2D eigenvalue weighted by atomic mass is 35.5. The first-order chi connectivity index (χ1) is 10.3. The van der Waals surface area contributed by atoms with Crippen molar-refractivity contribution < 1.29 is 4.74 Å². The number of hydrogen-bond donors (Lipinski definition) is 1. The maximum absolute atomic E-state index is 6.06. The van der Waals surface area contributed by atoms with Crippen molar-refractivity contribution >= 4 is 11.6 Å². The van der Waals surface area contributed by atoms with E-state index in [-0.39, 0.29) is 0 Å². The summed E-state index contributed by atoms with van der Waals surface area (Å²) < 4.78 is 5.19. The zero-order valence-electron chi connectivity index (χ0n) is 12.2. The van der Waals surface area contributed by atoms with Crippen molar-refractivity contribution in [1.29, 1.82) is 0 Å². The second kappa shape index (κ2) is 6.61. The van der Waals surface area contributed by atoms with Crippen LogP contribution >= 0.6 is 11.6 Å². The van der Waals surface area contributed by atoms with Gasteiger partial charge in [-0.15, -0.1) is 0 Å². The fraction of sp³-hybridized carbons (Fsp3) is 0.333. The Labute approximate surface area is 131 Å². The molecule has 110 valence electrons. The Balaban J connectivity index is 1.65. The Hall–Kier alpha value is -1.35. The largest absolute Gasteiger partial charge is 0.380 e. The Morgan fingerprint density at radius 1 is 1.19 bits per heavy atom. The van der Waals surface area contributed by atoms with Crippen molar-refractivity contribution in [2.24, 2.45) is 0 Å². The van der Waals surface area contributed by atoms with Crippen LogP contribution < -0.4 is 5.32 Å². The third-order valence-electron chi connectivity index (χ3n) is 4.04. The highest BCUT2D eigenvalue weighted by Crippen LogP contribution is 2.33. The van der Waals surface area contributed by atoms with Crippen LogP contribution in [0.1, 0.15) is 34.7 Å². The van der Waals surface area contributed by atoms with Gasteiger partial charge in [-0.3, -0.25) is 0 Å². The van der Waals surface area contributed by atoms with Crippen molar-refractivity contribution in [3.8, 4) is 0 Å². The van der Waals surface area contributed by atoms with Crippen molar-refractivity contribution in [3.63, 3.8) is 0 Å². The topological polar surface area (TPSA) is 21.3 Å². The van der Waals surface area contributed by atoms with Gasteiger partial charge in [0.1, 0.15) is 0 Å². The molecule has 0 amide bonds. The summed E-state index contributed by atoms with van der Waals surface area (Å²) in [4.78, 5) is 0. The highest BCUT2D eigenvalue weighted by molar-refractivity contribution is 6.30. The molecule has 3 rings (SSSR count). The van der Waals surface area contributed by atoms with Crippen molar-refractivity contribution in [2.75, 3.05) is 7.11 Å². The molecule has 0 fully saturated rings. The molecule has 0 aromatic heterocycles. The summed E-state index contributed by atoms with van der Waals surface area (Å²) in [6.07, 6.45) is 2.25. The van der Waals surface area contributed by atoms with Crippen LogP contribution in [-0.4, -0.2) is 7.11 Å². The summed E-state index contributed by atoms with van der Waals surface area (Å²) in [5.74, 6) is 0. The van der Waals surface area contributed by atoms with E-state index in [2.05, 4.69) is 41.7 Å². The molecule has 3 heteroatoms. The molecule has 1 unspecified atom stereocenters. The maximum Gasteiger partial charge on any atom is 0.0713 e. The van der Waals surface area contributed by atoms with Crippen LogP contribution in [0.25, 0.3) is 0 Å². The van der Waals surface area contributed by atoms with Crippen LogP contribution in [0.15, 0.2) is 42.5 Å². The molecule has 1 atom stereocenters. The van der Waals surface area contributed by atoms with Crippen LogP contribution in [0.3, 0.4) is 0 Å². The van der Waals surface area contributed by atoms with E-state index in [0.29, 0.717) is 12.6 Å². The average molecular weight is 302 g/mol. The van der Waals surface area contributed by atoms with E-state index in [1.54, 1.807) is 7.11 Å². The molecule has 0 heterocycles. The number of fused-ring (bicyclic) bond motifs is 1.